The Hall–Kier alpha value is -3.57. The molecule has 3 atom stereocenters. The van der Waals surface area contributed by atoms with Crippen LogP contribution in [0.15, 0.2) is 84.0 Å². The standard InChI is InChI=1S/C28H29N5O4S/c1-33-28(30-31-32-33)38-18-24-15-25(21-11-9-20(17-34)10-12-21)37-27(36-24)23-13-7-19(8-14-23)16-29-26(35)22-5-3-2-4-6-22/h2-14,24-25,27,34H,15-18H2,1H3,(H,29,35)/t24-,25+,27+/m1/s1. The van der Waals surface area contributed by atoms with Crippen LogP contribution in [0.5, 0.6) is 0 Å². The van der Waals surface area contributed by atoms with Crippen molar-refractivity contribution in [2.45, 2.75) is 43.2 Å². The molecule has 0 unspecified atom stereocenters. The Morgan fingerprint density at radius 1 is 1.00 bits per heavy atom. The second-order valence-corrected chi connectivity index (χ2v) is 10.0. The van der Waals surface area contributed by atoms with Gasteiger partial charge in [0.15, 0.2) is 6.29 Å². The first kappa shape index (κ1) is 26.1. The molecule has 9 nitrogen and oxygen atoms in total. The highest BCUT2D eigenvalue weighted by atomic mass is 32.2. The summed E-state index contributed by atoms with van der Waals surface area (Å²) in [6.45, 7) is 0.423. The topological polar surface area (TPSA) is 111 Å². The molecule has 5 rings (SSSR count). The van der Waals surface area contributed by atoms with Crippen molar-refractivity contribution in [3.63, 3.8) is 0 Å². The Bertz CT molecular complexity index is 1330. The summed E-state index contributed by atoms with van der Waals surface area (Å²) >= 11 is 1.54. The number of thioether (sulfide) groups is 1. The van der Waals surface area contributed by atoms with Crippen molar-refractivity contribution < 1.29 is 19.4 Å². The highest BCUT2D eigenvalue weighted by Crippen LogP contribution is 2.39. The van der Waals surface area contributed by atoms with E-state index in [0.717, 1.165) is 27.4 Å². The van der Waals surface area contributed by atoms with Crippen LogP contribution in [-0.2, 0) is 29.7 Å². The minimum atomic E-state index is -0.553. The molecule has 38 heavy (non-hydrogen) atoms. The molecule has 1 aromatic heterocycles. The number of rotatable bonds is 9. The number of ether oxygens (including phenoxy) is 2. The first-order chi connectivity index (χ1) is 18.6. The molecule has 196 valence electrons. The normalized spacial score (nSPS) is 19.3. The van der Waals surface area contributed by atoms with Gasteiger partial charge in [-0.2, -0.15) is 0 Å². The first-order valence-corrected chi connectivity index (χ1v) is 13.4. The zero-order valence-corrected chi connectivity index (χ0v) is 21.8. The number of tetrazole rings is 1. The molecule has 1 fully saturated rings. The predicted molar refractivity (Wildman–Crippen MR) is 142 cm³/mol. The molecule has 0 radical (unpaired) electrons. The van der Waals surface area contributed by atoms with Gasteiger partial charge in [0.2, 0.25) is 5.16 Å². The molecular weight excluding hydrogens is 502 g/mol. The Kier molecular flexibility index (Phi) is 8.44. The van der Waals surface area contributed by atoms with Crippen LogP contribution < -0.4 is 5.32 Å². The number of aliphatic hydroxyl groups excluding tert-OH is 1. The number of carbonyl (C=O) groups excluding carboxylic acids is 1. The maximum Gasteiger partial charge on any atom is 0.251 e. The molecular formula is C28H29N5O4S. The number of aliphatic hydroxyl groups is 1. The van der Waals surface area contributed by atoms with Crippen LogP contribution in [0.3, 0.4) is 0 Å². The van der Waals surface area contributed by atoms with Crippen LogP contribution >= 0.6 is 11.8 Å². The highest BCUT2D eigenvalue weighted by molar-refractivity contribution is 7.99. The Labute approximate surface area is 225 Å². The summed E-state index contributed by atoms with van der Waals surface area (Å²) in [7, 11) is 1.81. The van der Waals surface area contributed by atoms with Crippen LogP contribution in [0.4, 0.5) is 0 Å². The fraction of sp³-hybridized carbons (Fsp3) is 0.286. The number of aromatic nitrogens is 4. The van der Waals surface area contributed by atoms with Crippen LogP contribution in [0.2, 0.25) is 0 Å². The van der Waals surface area contributed by atoms with Gasteiger partial charge in [-0.1, -0.05) is 78.5 Å². The van der Waals surface area contributed by atoms with Gasteiger partial charge >= 0.3 is 0 Å². The van der Waals surface area contributed by atoms with E-state index in [2.05, 4.69) is 20.8 Å². The van der Waals surface area contributed by atoms with Crippen molar-refractivity contribution in [3.8, 4) is 0 Å². The van der Waals surface area contributed by atoms with Crippen molar-refractivity contribution in [1.29, 1.82) is 0 Å². The third-order valence-corrected chi connectivity index (χ3v) is 7.48. The van der Waals surface area contributed by atoms with E-state index in [0.29, 0.717) is 24.3 Å². The van der Waals surface area contributed by atoms with E-state index in [-0.39, 0.29) is 24.7 Å². The molecule has 1 aliphatic rings. The van der Waals surface area contributed by atoms with Crippen LogP contribution in [0.1, 0.15) is 51.4 Å². The smallest absolute Gasteiger partial charge is 0.251 e. The van der Waals surface area contributed by atoms with Gasteiger partial charge in [-0.05, 0) is 39.2 Å². The SMILES string of the molecule is Cn1nnnc1SC[C@H]1C[C@@H](c2ccc(CO)cc2)O[C@@H](c2ccc(CNC(=O)c3ccccc3)cc2)O1. The van der Waals surface area contributed by atoms with Gasteiger partial charge in [-0.15, -0.1) is 5.10 Å². The third-order valence-electron chi connectivity index (χ3n) is 6.34. The molecule has 1 amide bonds. The second-order valence-electron chi connectivity index (χ2n) is 9.04. The maximum absolute atomic E-state index is 12.4. The first-order valence-electron chi connectivity index (χ1n) is 12.4. The Morgan fingerprint density at radius 3 is 2.39 bits per heavy atom. The lowest BCUT2D eigenvalue weighted by Crippen LogP contribution is -2.31. The Balaban J connectivity index is 1.27. The number of benzene rings is 3. The largest absolute Gasteiger partial charge is 0.392 e. The van der Waals surface area contributed by atoms with Crippen molar-refractivity contribution >= 4 is 17.7 Å². The van der Waals surface area contributed by atoms with Crippen LogP contribution in [-0.4, -0.2) is 43.1 Å². The van der Waals surface area contributed by atoms with E-state index >= 15 is 0 Å². The third kappa shape index (κ3) is 6.46. The van der Waals surface area contributed by atoms with E-state index in [1.807, 2.05) is 73.8 Å². The van der Waals surface area contributed by atoms with Crippen molar-refractivity contribution in [1.82, 2.24) is 25.5 Å². The number of nitrogens with one attached hydrogen (secondary N) is 1. The molecule has 0 saturated carbocycles. The van der Waals surface area contributed by atoms with Gasteiger partial charge in [0.05, 0.1) is 18.8 Å². The summed E-state index contributed by atoms with van der Waals surface area (Å²) < 4.78 is 14.4. The Morgan fingerprint density at radius 2 is 1.71 bits per heavy atom. The number of nitrogens with zero attached hydrogens (tertiary/aromatic N) is 4. The minimum absolute atomic E-state index is 0.000687. The monoisotopic (exact) mass is 531 g/mol. The molecule has 10 heteroatoms. The number of aryl methyl sites for hydroxylation is 1. The summed E-state index contributed by atoms with van der Waals surface area (Å²) in [5.41, 5.74) is 4.40. The number of hydrogen-bond acceptors (Lipinski definition) is 8. The summed E-state index contributed by atoms with van der Waals surface area (Å²) in [6, 6.07) is 24.9. The molecule has 2 heterocycles. The molecule has 0 aliphatic carbocycles. The van der Waals surface area contributed by atoms with Gasteiger partial charge in [-0.3, -0.25) is 4.79 Å². The van der Waals surface area contributed by atoms with Crippen molar-refractivity contribution in [3.05, 3.63) is 107 Å². The quantitative estimate of drug-likeness (QED) is 0.312. The average molecular weight is 532 g/mol. The minimum Gasteiger partial charge on any atom is -0.392 e. The number of amides is 1. The molecule has 1 aliphatic heterocycles. The van der Waals surface area contributed by atoms with E-state index in [1.165, 1.54) is 0 Å². The van der Waals surface area contributed by atoms with Crippen LogP contribution in [0, 0.1) is 0 Å². The number of hydrogen-bond donors (Lipinski definition) is 2. The van der Waals surface area contributed by atoms with Gasteiger partial charge in [0.1, 0.15) is 0 Å². The van der Waals surface area contributed by atoms with Gasteiger partial charge < -0.3 is 19.9 Å². The second kappa shape index (κ2) is 12.3. The van der Waals surface area contributed by atoms with E-state index in [1.54, 1.807) is 28.6 Å². The lowest BCUT2D eigenvalue weighted by Gasteiger charge is -2.36. The predicted octanol–water partition coefficient (Wildman–Crippen LogP) is 3.97. The zero-order chi connectivity index (χ0) is 26.3. The maximum atomic E-state index is 12.4. The lowest BCUT2D eigenvalue weighted by molar-refractivity contribution is -0.245. The lowest BCUT2D eigenvalue weighted by atomic mass is 10.0. The highest BCUT2D eigenvalue weighted by Gasteiger charge is 2.32. The van der Waals surface area contributed by atoms with Crippen LogP contribution in [0.25, 0.3) is 0 Å². The van der Waals surface area contributed by atoms with Crippen molar-refractivity contribution in [2.75, 3.05) is 5.75 Å². The van der Waals surface area contributed by atoms with E-state index in [4.69, 9.17) is 9.47 Å². The van der Waals surface area contributed by atoms with Crippen molar-refractivity contribution in [2.24, 2.45) is 7.05 Å². The fourth-order valence-corrected chi connectivity index (χ4v) is 5.07. The summed E-state index contributed by atoms with van der Waals surface area (Å²) in [6.07, 6.45) is -0.142. The zero-order valence-electron chi connectivity index (χ0n) is 20.9. The molecule has 4 aromatic rings. The van der Waals surface area contributed by atoms with E-state index < -0.39 is 6.29 Å². The summed E-state index contributed by atoms with van der Waals surface area (Å²) in [4.78, 5) is 12.4. The molecule has 2 N–H and O–H groups in total. The molecule has 0 bridgehead atoms. The van der Waals surface area contributed by atoms with Gasteiger partial charge in [-0.25, -0.2) is 4.68 Å². The molecule has 1 saturated heterocycles. The molecule has 0 spiro atoms. The fourth-order valence-electron chi connectivity index (χ4n) is 4.20. The van der Waals surface area contributed by atoms with E-state index in [9.17, 15) is 9.90 Å². The van der Waals surface area contributed by atoms with Gasteiger partial charge in [0.25, 0.3) is 5.91 Å². The number of carbonyl (C=O) groups is 1. The van der Waals surface area contributed by atoms with Gasteiger partial charge in [0, 0.05) is 36.9 Å². The summed E-state index contributed by atoms with van der Waals surface area (Å²) in [5.74, 6) is 0.560. The average Bonchev–Trinajstić information content (AvgIpc) is 3.39. The summed E-state index contributed by atoms with van der Waals surface area (Å²) in [5, 5.41) is 24.7. The molecule has 3 aromatic carbocycles.